The van der Waals surface area contributed by atoms with Gasteiger partial charge in [0, 0.05) is 38.7 Å². The van der Waals surface area contributed by atoms with Crippen molar-refractivity contribution in [3.8, 4) is 5.75 Å². The maximum Gasteiger partial charge on any atom is 0.260 e. The van der Waals surface area contributed by atoms with Crippen molar-refractivity contribution in [3.05, 3.63) is 30.1 Å². The van der Waals surface area contributed by atoms with Crippen molar-refractivity contribution in [2.24, 2.45) is 5.92 Å². The highest BCUT2D eigenvalue weighted by molar-refractivity contribution is 5.79. The Kier molecular flexibility index (Phi) is 7.07. The van der Waals surface area contributed by atoms with E-state index >= 15 is 0 Å². The van der Waals surface area contributed by atoms with Crippen LogP contribution in [0.15, 0.2) is 24.3 Å². The van der Waals surface area contributed by atoms with E-state index in [1.807, 2.05) is 4.90 Å². The monoisotopic (exact) mass is 376 g/mol. The molecule has 0 unspecified atom stereocenters. The number of ether oxygens (including phenoxy) is 1. The minimum Gasteiger partial charge on any atom is -0.484 e. The molecule has 0 aromatic heterocycles. The number of benzene rings is 1. The fourth-order valence-electron chi connectivity index (χ4n) is 3.96. The normalized spacial score (nSPS) is 18.4. The Hall–Kier alpha value is -2.11. The maximum absolute atomic E-state index is 13.1. The summed E-state index contributed by atoms with van der Waals surface area (Å²) < 4.78 is 18.5. The van der Waals surface area contributed by atoms with Crippen molar-refractivity contribution >= 4 is 11.8 Å². The Labute approximate surface area is 160 Å². The minimum atomic E-state index is -0.389. The number of amides is 2. The number of halogens is 1. The van der Waals surface area contributed by atoms with Gasteiger partial charge in [-0.2, -0.15) is 0 Å². The van der Waals surface area contributed by atoms with Gasteiger partial charge in [-0.1, -0.05) is 38.2 Å². The minimum absolute atomic E-state index is 0.112. The van der Waals surface area contributed by atoms with Crippen LogP contribution < -0.4 is 4.74 Å². The molecule has 148 valence electrons. The predicted molar refractivity (Wildman–Crippen MR) is 101 cm³/mol. The largest absolute Gasteiger partial charge is 0.484 e. The van der Waals surface area contributed by atoms with Crippen molar-refractivity contribution in [3.63, 3.8) is 0 Å². The number of piperazine rings is 1. The Morgan fingerprint density at radius 1 is 1.00 bits per heavy atom. The third-order valence-electron chi connectivity index (χ3n) is 5.63. The van der Waals surface area contributed by atoms with Gasteiger partial charge >= 0.3 is 0 Å². The molecule has 3 rings (SSSR count). The van der Waals surface area contributed by atoms with E-state index in [0.717, 1.165) is 6.42 Å². The molecule has 5 nitrogen and oxygen atoms in total. The number of carbonyl (C=O) groups is 2. The second-order valence-electron chi connectivity index (χ2n) is 7.55. The molecule has 0 spiro atoms. The van der Waals surface area contributed by atoms with Crippen molar-refractivity contribution < 1.29 is 18.7 Å². The summed E-state index contributed by atoms with van der Waals surface area (Å²) in [6.45, 7) is 2.10. The number of nitrogens with zero attached hydrogens (tertiary/aromatic N) is 2. The zero-order valence-electron chi connectivity index (χ0n) is 15.9. The number of rotatable bonds is 6. The average molecular weight is 376 g/mol. The summed E-state index contributed by atoms with van der Waals surface area (Å²) in [5.41, 5.74) is 0. The van der Waals surface area contributed by atoms with Gasteiger partial charge in [0.05, 0.1) is 0 Å². The molecule has 0 bridgehead atoms. The van der Waals surface area contributed by atoms with Gasteiger partial charge in [-0.3, -0.25) is 9.59 Å². The lowest BCUT2D eigenvalue weighted by atomic mass is 9.86. The van der Waals surface area contributed by atoms with Crippen molar-refractivity contribution in [2.75, 3.05) is 32.8 Å². The molecule has 27 heavy (non-hydrogen) atoms. The van der Waals surface area contributed by atoms with Crippen molar-refractivity contribution in [1.82, 2.24) is 9.80 Å². The molecule has 1 aliphatic carbocycles. The van der Waals surface area contributed by atoms with Gasteiger partial charge in [0.15, 0.2) is 6.61 Å². The molecule has 0 atom stereocenters. The van der Waals surface area contributed by atoms with Crippen LogP contribution in [0.4, 0.5) is 4.39 Å². The average Bonchev–Trinajstić information content (AvgIpc) is 2.71. The zero-order valence-corrected chi connectivity index (χ0v) is 15.9. The molecule has 0 radical (unpaired) electrons. The molecular weight excluding hydrogens is 347 g/mol. The van der Waals surface area contributed by atoms with Crippen LogP contribution in [-0.4, -0.2) is 54.4 Å². The van der Waals surface area contributed by atoms with E-state index < -0.39 is 0 Å². The maximum atomic E-state index is 13.1. The number of carbonyl (C=O) groups excluding carboxylic acids is 2. The van der Waals surface area contributed by atoms with E-state index in [1.165, 1.54) is 44.2 Å². The second-order valence-corrected chi connectivity index (χ2v) is 7.55. The van der Waals surface area contributed by atoms with Gasteiger partial charge in [0.25, 0.3) is 5.91 Å². The first-order valence-electron chi connectivity index (χ1n) is 10.1. The van der Waals surface area contributed by atoms with Gasteiger partial charge < -0.3 is 14.5 Å². The first kappa shape index (κ1) is 19.6. The highest BCUT2D eigenvalue weighted by atomic mass is 19.1. The molecule has 1 aromatic rings. The van der Waals surface area contributed by atoms with Gasteiger partial charge in [-0.05, 0) is 24.5 Å². The highest BCUT2D eigenvalue weighted by Gasteiger charge is 2.25. The highest BCUT2D eigenvalue weighted by Crippen LogP contribution is 2.27. The van der Waals surface area contributed by atoms with Crippen LogP contribution in [0.5, 0.6) is 5.75 Å². The summed E-state index contributed by atoms with van der Waals surface area (Å²) in [6.07, 6.45) is 8.10. The Morgan fingerprint density at radius 3 is 2.33 bits per heavy atom. The molecule has 1 saturated carbocycles. The molecule has 1 aromatic carbocycles. The first-order chi connectivity index (χ1) is 13.1. The Balaban J connectivity index is 1.36. The van der Waals surface area contributed by atoms with E-state index in [0.29, 0.717) is 44.3 Å². The summed E-state index contributed by atoms with van der Waals surface area (Å²) in [5.74, 6) is 0.753. The van der Waals surface area contributed by atoms with E-state index in [2.05, 4.69) is 0 Å². The van der Waals surface area contributed by atoms with Crippen molar-refractivity contribution in [1.29, 1.82) is 0 Å². The van der Waals surface area contributed by atoms with Crippen LogP contribution in [0.1, 0.15) is 44.9 Å². The Bertz CT molecular complexity index is 638. The summed E-state index contributed by atoms with van der Waals surface area (Å²) in [7, 11) is 0. The van der Waals surface area contributed by atoms with Crippen LogP contribution in [-0.2, 0) is 9.59 Å². The summed E-state index contributed by atoms with van der Waals surface area (Å²) in [6, 6.07) is 5.77. The number of hydrogen-bond donors (Lipinski definition) is 0. The third-order valence-corrected chi connectivity index (χ3v) is 5.63. The molecule has 0 N–H and O–H groups in total. The first-order valence-corrected chi connectivity index (χ1v) is 10.1. The van der Waals surface area contributed by atoms with Gasteiger partial charge in [-0.15, -0.1) is 0 Å². The predicted octanol–water partition coefficient (Wildman–Crippen LogP) is 3.24. The van der Waals surface area contributed by atoms with Gasteiger partial charge in [-0.25, -0.2) is 4.39 Å². The van der Waals surface area contributed by atoms with E-state index in [1.54, 1.807) is 17.0 Å². The quantitative estimate of drug-likeness (QED) is 0.766. The lowest BCUT2D eigenvalue weighted by Crippen LogP contribution is -2.51. The smallest absolute Gasteiger partial charge is 0.260 e. The molecular formula is C21H29FN2O3. The van der Waals surface area contributed by atoms with Crippen LogP contribution in [0.25, 0.3) is 0 Å². The molecule has 2 aliphatic rings. The van der Waals surface area contributed by atoms with E-state index in [9.17, 15) is 14.0 Å². The fourth-order valence-corrected chi connectivity index (χ4v) is 3.96. The molecule has 1 heterocycles. The lowest BCUT2D eigenvalue weighted by molar-refractivity contribution is -0.140. The third kappa shape index (κ3) is 5.94. The SMILES string of the molecule is O=C(CCC1CCCCC1)N1CCN(C(=O)COc2cccc(F)c2)CC1. The molecule has 2 amide bonds. The van der Waals surface area contributed by atoms with Crippen LogP contribution in [0.2, 0.25) is 0 Å². The van der Waals surface area contributed by atoms with Crippen LogP contribution >= 0.6 is 0 Å². The van der Waals surface area contributed by atoms with Crippen molar-refractivity contribution in [2.45, 2.75) is 44.9 Å². The van der Waals surface area contributed by atoms with E-state index in [-0.39, 0.29) is 24.2 Å². The Morgan fingerprint density at radius 2 is 1.67 bits per heavy atom. The summed E-state index contributed by atoms with van der Waals surface area (Å²) in [4.78, 5) is 28.3. The van der Waals surface area contributed by atoms with Gasteiger partial charge in [0.1, 0.15) is 11.6 Å². The van der Waals surface area contributed by atoms with Crippen LogP contribution in [0, 0.1) is 11.7 Å². The fraction of sp³-hybridized carbons (Fsp3) is 0.619. The standard InChI is InChI=1S/C21H29FN2O3/c22-18-7-4-8-19(15-18)27-16-21(26)24-13-11-23(12-14-24)20(25)10-9-17-5-2-1-3-6-17/h4,7-8,15,17H,1-3,5-6,9-14,16H2. The van der Waals surface area contributed by atoms with Crippen LogP contribution in [0.3, 0.4) is 0 Å². The lowest BCUT2D eigenvalue weighted by Gasteiger charge is -2.35. The molecule has 6 heteroatoms. The summed E-state index contributed by atoms with van der Waals surface area (Å²) in [5, 5.41) is 0. The van der Waals surface area contributed by atoms with E-state index in [4.69, 9.17) is 4.74 Å². The second kappa shape index (κ2) is 9.72. The van der Waals surface area contributed by atoms with Gasteiger partial charge in [0.2, 0.25) is 5.91 Å². The summed E-state index contributed by atoms with van der Waals surface area (Å²) >= 11 is 0. The molecule has 1 saturated heterocycles. The zero-order chi connectivity index (χ0) is 19.1. The topological polar surface area (TPSA) is 49.9 Å². The number of hydrogen-bond acceptors (Lipinski definition) is 3. The molecule has 2 fully saturated rings. The molecule has 1 aliphatic heterocycles.